The molecule has 0 amide bonds. The summed E-state index contributed by atoms with van der Waals surface area (Å²) >= 11 is 3.00. The molecule has 0 radical (unpaired) electrons. The Kier molecular flexibility index (Phi) is 10.5. The van der Waals surface area contributed by atoms with Gasteiger partial charge in [0, 0.05) is 68.0 Å². The van der Waals surface area contributed by atoms with Crippen LogP contribution in [0.3, 0.4) is 0 Å². The summed E-state index contributed by atoms with van der Waals surface area (Å²) in [5, 5.41) is -0.781. The van der Waals surface area contributed by atoms with Gasteiger partial charge in [-0.3, -0.25) is 4.90 Å². The predicted octanol–water partition coefficient (Wildman–Crippen LogP) is 5.25. The van der Waals surface area contributed by atoms with Crippen LogP contribution in [0.15, 0.2) is 132 Å². The number of para-hydroxylation sites is 2. The van der Waals surface area contributed by atoms with Crippen molar-refractivity contribution in [1.29, 1.82) is 0 Å². The van der Waals surface area contributed by atoms with Crippen molar-refractivity contribution in [3.63, 3.8) is 0 Å². The number of anilines is 5. The van der Waals surface area contributed by atoms with E-state index in [4.69, 9.17) is 9.15 Å². The van der Waals surface area contributed by atoms with E-state index in [-0.39, 0.29) is 56.7 Å². The van der Waals surface area contributed by atoms with Crippen LogP contribution in [0.2, 0.25) is 0 Å². The normalized spacial score (nSPS) is 15.3. The number of rotatable bonds is 7. The molecule has 4 aromatic carbocycles. The van der Waals surface area contributed by atoms with Crippen LogP contribution in [0.4, 0.5) is 28.4 Å². The summed E-state index contributed by atoms with van der Waals surface area (Å²) in [6.45, 7) is 5.27. The monoisotopic (exact) mass is 826 g/mol. The van der Waals surface area contributed by atoms with E-state index < -0.39 is 31.1 Å². The molecule has 5 aromatic rings. The molecule has 0 unspecified atom stereocenters. The number of aromatic nitrogens is 1. The van der Waals surface area contributed by atoms with E-state index in [1.54, 1.807) is 30.3 Å². The number of nitrogens with zero attached hydrogens (tertiary/aromatic N) is 4. The van der Waals surface area contributed by atoms with Crippen LogP contribution in [0, 0.1) is 0 Å². The van der Waals surface area contributed by atoms with Gasteiger partial charge in [-0.25, -0.2) is 16.8 Å². The number of ether oxygens (including phenoxy) is 1. The van der Waals surface area contributed by atoms with Crippen molar-refractivity contribution in [1.82, 2.24) is 0 Å². The summed E-state index contributed by atoms with van der Waals surface area (Å²) in [4.78, 5) is 8.92. The molecule has 0 saturated heterocycles. The van der Waals surface area contributed by atoms with Gasteiger partial charge >= 0.3 is 40.5 Å². The van der Waals surface area contributed by atoms with E-state index in [1.807, 2.05) is 79.3 Å². The van der Waals surface area contributed by atoms with Gasteiger partial charge in [0.15, 0.2) is 15.9 Å². The van der Waals surface area contributed by atoms with Crippen molar-refractivity contribution in [2.45, 2.75) is 32.9 Å². The molecule has 0 atom stereocenters. The Hall–Kier alpha value is -4.15. The Morgan fingerprint density at radius 1 is 0.873 bits per heavy atom. The smallest absolute Gasteiger partial charge is 0.747 e. The van der Waals surface area contributed by atoms with Crippen LogP contribution in [-0.2, 0) is 20.2 Å². The Balaban J connectivity index is 0.00000186. The average molecular weight is 827 g/mol. The van der Waals surface area contributed by atoms with Gasteiger partial charge in [0.2, 0.25) is 11.5 Å². The van der Waals surface area contributed by atoms with Gasteiger partial charge in [-0.1, -0.05) is 60.4 Å². The molecule has 12 nitrogen and oxygen atoms in total. The van der Waals surface area contributed by atoms with E-state index >= 15 is 0 Å². The minimum absolute atomic E-state index is 0. The zero-order valence-electron chi connectivity index (χ0n) is 29.9. The number of hydrogen-bond acceptors (Lipinski definition) is 13. The summed E-state index contributed by atoms with van der Waals surface area (Å²) in [6, 6.07) is 22.8. The molecule has 280 valence electrons. The van der Waals surface area contributed by atoms with Crippen LogP contribution in [0.1, 0.15) is 23.5 Å². The molecule has 0 aliphatic carbocycles. The van der Waals surface area contributed by atoms with Gasteiger partial charge in [-0.2, -0.15) is 0 Å². The van der Waals surface area contributed by atoms with E-state index in [1.165, 1.54) is 34.5 Å². The first kappa shape index (κ1) is 39.1. The standard InChI is InChI=1S/C38H30N4O8S4.Na.3H2/c1-5-11-38(54(46,47)48)42-27-21-35-29(40(4)25-13-8-10-15-33(25)52-35)19-31(27)50-37(42)17-23(6-2)16-36-41(22-53(43,44)45)26-20-34-28(18-30(26)49-36)39(3)24-12-7-9-14-32(24)51-34;;;;/h7-10,12-21H,1,6,22H2,2-4H3,(H-,43,44,45,46,47,48);;3*1H/q;+1;;;/p-1. The Bertz CT molecular complexity index is 2840. The third kappa shape index (κ3) is 7.21. The fourth-order valence-electron chi connectivity index (χ4n) is 6.59. The largest absolute Gasteiger partial charge is 1.00 e. The Morgan fingerprint density at radius 2 is 1.47 bits per heavy atom. The van der Waals surface area contributed by atoms with Gasteiger partial charge in [0.25, 0.3) is 5.52 Å². The third-order valence-corrected chi connectivity index (χ3v) is 12.6. The summed E-state index contributed by atoms with van der Waals surface area (Å²) in [6.07, 6.45) is 3.39. The van der Waals surface area contributed by atoms with Crippen LogP contribution in [-0.4, -0.2) is 45.9 Å². The SMILES string of the molecule is C=C=C=C([n+]1c(C=C(C=C2Oc3cc4c(cc3N2CS(=O)(=O)[O-])Sc2ccccc2N4C)CC)oc2cc3c(cc21)Sc1ccccc1N3C)S(=O)(=O)[O-].[HH].[HH].[HH].[Na+]. The summed E-state index contributed by atoms with van der Waals surface area (Å²) in [7, 11) is -6.11. The molecule has 3 aliphatic rings. The molecular weight excluding hydrogens is 792 g/mol. The first-order chi connectivity index (χ1) is 25.7. The number of fused-ring (bicyclic) bond motifs is 6. The fourth-order valence-corrected chi connectivity index (χ4v) is 10.1. The van der Waals surface area contributed by atoms with E-state index in [2.05, 4.69) is 18.0 Å². The zero-order chi connectivity index (χ0) is 38.1. The number of oxazole rings is 1. The molecule has 4 heterocycles. The molecule has 0 saturated carbocycles. The summed E-state index contributed by atoms with van der Waals surface area (Å²) < 4.78 is 88.5. The molecule has 8 rings (SSSR count). The predicted molar refractivity (Wildman–Crippen MR) is 213 cm³/mol. The maximum atomic E-state index is 12.7. The Labute approximate surface area is 353 Å². The molecule has 3 aliphatic heterocycles. The van der Waals surface area contributed by atoms with E-state index in [0.717, 1.165) is 46.9 Å². The first-order valence-electron chi connectivity index (χ1n) is 16.4. The molecule has 0 spiro atoms. The summed E-state index contributed by atoms with van der Waals surface area (Å²) in [5.74, 6) is -0.560. The number of allylic oxidation sites excluding steroid dienone is 2. The van der Waals surface area contributed by atoms with Crippen molar-refractivity contribution < 1.29 is 73.5 Å². The fraction of sp³-hybridized carbons (Fsp3) is 0.132. The third-order valence-electron chi connectivity index (χ3n) is 9.09. The number of benzene rings is 4. The Morgan fingerprint density at radius 3 is 2.05 bits per heavy atom. The maximum Gasteiger partial charge on any atom is 1.00 e. The first-order valence-corrected chi connectivity index (χ1v) is 21.0. The minimum Gasteiger partial charge on any atom is -0.747 e. The van der Waals surface area contributed by atoms with Crippen molar-refractivity contribution in [2.75, 3.05) is 34.7 Å². The van der Waals surface area contributed by atoms with E-state index in [0.29, 0.717) is 23.4 Å². The second kappa shape index (κ2) is 14.7. The quantitative estimate of drug-likeness (QED) is 0.0911. The van der Waals surface area contributed by atoms with Gasteiger partial charge < -0.3 is 28.1 Å². The van der Waals surface area contributed by atoms with Crippen LogP contribution < -0.4 is 53.6 Å². The van der Waals surface area contributed by atoms with Crippen LogP contribution in [0.5, 0.6) is 5.75 Å². The average Bonchev–Trinajstić information content (AvgIpc) is 3.63. The van der Waals surface area contributed by atoms with E-state index in [9.17, 15) is 25.9 Å². The van der Waals surface area contributed by atoms with Crippen molar-refractivity contribution in [3.05, 3.63) is 114 Å². The second-order valence-corrected chi connectivity index (χ2v) is 17.3. The van der Waals surface area contributed by atoms with Crippen LogP contribution in [0.25, 0.3) is 22.2 Å². The van der Waals surface area contributed by atoms with Crippen molar-refractivity contribution in [3.8, 4) is 5.75 Å². The number of hydrogen-bond donors (Lipinski definition) is 0. The summed E-state index contributed by atoms with van der Waals surface area (Å²) in [5.41, 5.74) is 9.68. The second-order valence-electron chi connectivity index (χ2n) is 12.4. The van der Waals surface area contributed by atoms with Gasteiger partial charge in [-0.05, 0) is 48.9 Å². The molecule has 17 heteroatoms. The minimum atomic E-state index is -5.15. The molecule has 0 fully saturated rings. The molecular formula is C38H35N4NaO8S4. The van der Waals surface area contributed by atoms with Gasteiger partial charge in [0.1, 0.15) is 16.0 Å². The zero-order valence-corrected chi connectivity index (χ0v) is 35.2. The maximum absolute atomic E-state index is 12.7. The van der Waals surface area contributed by atoms with Crippen molar-refractivity contribution >= 4 is 94.4 Å². The molecule has 0 N–H and O–H groups in total. The molecule has 0 bridgehead atoms. The van der Waals surface area contributed by atoms with Gasteiger partial charge in [0.05, 0.1) is 34.5 Å². The van der Waals surface area contributed by atoms with Gasteiger partial charge in [-0.15, -0.1) is 4.57 Å². The van der Waals surface area contributed by atoms with Crippen LogP contribution >= 0.6 is 23.5 Å². The molecule has 55 heavy (non-hydrogen) atoms. The molecule has 1 aromatic heterocycles. The topological polar surface area (TPSA) is 150 Å². The van der Waals surface area contributed by atoms with Crippen molar-refractivity contribution in [2.24, 2.45) is 0 Å².